The van der Waals surface area contributed by atoms with E-state index >= 15 is 0 Å². The van der Waals surface area contributed by atoms with E-state index in [4.69, 9.17) is 0 Å². The number of nitrogens with zero attached hydrogens (tertiary/aromatic N) is 1. The fourth-order valence-electron chi connectivity index (χ4n) is 0.959. The van der Waals surface area contributed by atoms with Crippen molar-refractivity contribution in [3.05, 3.63) is 24.0 Å². The van der Waals surface area contributed by atoms with Crippen molar-refractivity contribution in [1.29, 1.82) is 0 Å². The number of aromatic nitrogens is 1. The quantitative estimate of drug-likeness (QED) is 0.483. The monoisotopic (exact) mass is 187 g/mol. The third-order valence-corrected chi connectivity index (χ3v) is 3.61. The average molecular weight is 187 g/mol. The average Bonchev–Trinajstić information content (AvgIpc) is 1.83. The van der Waals surface area contributed by atoms with Crippen LogP contribution in [-0.2, 0) is 0 Å². The van der Waals surface area contributed by atoms with Crippen LogP contribution in [0.3, 0.4) is 0 Å². The van der Waals surface area contributed by atoms with Gasteiger partial charge in [0.2, 0.25) is 5.95 Å². The topological polar surface area (TPSA) is 12.9 Å². The van der Waals surface area contributed by atoms with Gasteiger partial charge >= 0.3 is 0 Å². The van der Waals surface area contributed by atoms with Crippen molar-refractivity contribution < 1.29 is 8.78 Å². The van der Waals surface area contributed by atoms with Gasteiger partial charge in [0.1, 0.15) is 5.82 Å². The van der Waals surface area contributed by atoms with E-state index in [0.717, 1.165) is 6.07 Å². The predicted octanol–water partition coefficient (Wildman–Crippen LogP) is 1.91. The van der Waals surface area contributed by atoms with E-state index in [0.29, 0.717) is 5.19 Å². The fourth-order valence-corrected chi connectivity index (χ4v) is 2.20. The summed E-state index contributed by atoms with van der Waals surface area (Å²) in [5.74, 6) is -1.23. The maximum absolute atomic E-state index is 13.1. The van der Waals surface area contributed by atoms with Gasteiger partial charge in [-0.1, -0.05) is 19.6 Å². The van der Waals surface area contributed by atoms with Crippen molar-refractivity contribution in [2.45, 2.75) is 19.6 Å². The zero-order chi connectivity index (χ0) is 9.35. The molecule has 0 unspecified atom stereocenters. The molecule has 4 heteroatoms. The second-order valence-corrected chi connectivity index (χ2v) is 8.78. The van der Waals surface area contributed by atoms with Crippen LogP contribution in [0, 0.1) is 11.8 Å². The third kappa shape index (κ3) is 1.88. The van der Waals surface area contributed by atoms with E-state index in [1.807, 2.05) is 19.6 Å². The summed E-state index contributed by atoms with van der Waals surface area (Å²) >= 11 is 0. The maximum Gasteiger partial charge on any atom is 0.215 e. The minimum Gasteiger partial charge on any atom is -0.228 e. The zero-order valence-electron chi connectivity index (χ0n) is 7.36. The highest BCUT2D eigenvalue weighted by Crippen LogP contribution is 2.05. The van der Waals surface area contributed by atoms with Crippen LogP contribution in [0.1, 0.15) is 0 Å². The standard InChI is InChI=1S/C8H11F2NSi/c1-12(2,3)7-5-11-8(10)4-6(7)9/h4-5H,1-3H3. The molecule has 0 N–H and O–H groups in total. The molecule has 0 amide bonds. The molecule has 0 aliphatic heterocycles. The van der Waals surface area contributed by atoms with Crippen LogP contribution >= 0.6 is 0 Å². The molecule has 0 bridgehead atoms. The van der Waals surface area contributed by atoms with E-state index in [-0.39, 0.29) is 0 Å². The van der Waals surface area contributed by atoms with Gasteiger partial charge in [0.05, 0.1) is 8.07 Å². The summed E-state index contributed by atoms with van der Waals surface area (Å²) in [4.78, 5) is 3.43. The molecule has 1 aromatic heterocycles. The molecule has 12 heavy (non-hydrogen) atoms. The van der Waals surface area contributed by atoms with Gasteiger partial charge in [-0.15, -0.1) is 0 Å². The Hall–Kier alpha value is -0.773. The fraction of sp³-hybridized carbons (Fsp3) is 0.375. The van der Waals surface area contributed by atoms with Crippen molar-refractivity contribution in [3.8, 4) is 0 Å². The summed E-state index contributed by atoms with van der Waals surface area (Å²) in [5, 5.41) is 0.573. The van der Waals surface area contributed by atoms with Crippen molar-refractivity contribution in [3.63, 3.8) is 0 Å². The van der Waals surface area contributed by atoms with E-state index in [9.17, 15) is 8.78 Å². The third-order valence-electron chi connectivity index (χ3n) is 1.63. The number of rotatable bonds is 1. The Morgan fingerprint density at radius 3 is 2.25 bits per heavy atom. The van der Waals surface area contributed by atoms with Gasteiger partial charge in [0.25, 0.3) is 0 Å². The smallest absolute Gasteiger partial charge is 0.215 e. The number of hydrogen-bond acceptors (Lipinski definition) is 1. The molecule has 66 valence electrons. The van der Waals surface area contributed by atoms with Crippen molar-refractivity contribution in [2.75, 3.05) is 0 Å². The molecule has 0 aliphatic rings. The van der Waals surface area contributed by atoms with Gasteiger partial charge in [0, 0.05) is 12.3 Å². The molecule has 0 radical (unpaired) electrons. The summed E-state index contributed by atoms with van der Waals surface area (Å²) in [7, 11) is -1.70. The van der Waals surface area contributed by atoms with E-state index < -0.39 is 19.8 Å². The van der Waals surface area contributed by atoms with Crippen LogP contribution in [0.25, 0.3) is 0 Å². The van der Waals surface area contributed by atoms with Crippen LogP contribution in [0.5, 0.6) is 0 Å². The normalized spacial score (nSPS) is 11.8. The SMILES string of the molecule is C[Si](C)(C)c1cnc(F)cc1F. The van der Waals surface area contributed by atoms with Gasteiger partial charge in [0.15, 0.2) is 0 Å². The Bertz CT molecular complexity index is 294. The predicted molar refractivity (Wildman–Crippen MR) is 47.1 cm³/mol. The zero-order valence-corrected chi connectivity index (χ0v) is 8.36. The van der Waals surface area contributed by atoms with E-state index in [1.165, 1.54) is 6.20 Å². The molecule has 0 aromatic carbocycles. The summed E-state index contributed by atoms with van der Waals surface area (Å²) in [6.07, 6.45) is 1.30. The summed E-state index contributed by atoms with van der Waals surface area (Å²) in [6, 6.07) is 0.841. The molecule has 1 heterocycles. The first kappa shape index (κ1) is 9.32. The lowest BCUT2D eigenvalue weighted by Gasteiger charge is -2.16. The largest absolute Gasteiger partial charge is 0.228 e. The van der Waals surface area contributed by atoms with Gasteiger partial charge in [-0.05, 0) is 5.19 Å². The Kier molecular flexibility index (Phi) is 2.28. The first-order chi connectivity index (χ1) is 5.41. The molecule has 1 aromatic rings. The molecule has 0 atom stereocenters. The molecule has 0 fully saturated rings. The van der Waals surface area contributed by atoms with E-state index in [1.54, 1.807) is 0 Å². The highest BCUT2D eigenvalue weighted by Gasteiger charge is 2.21. The second kappa shape index (κ2) is 2.93. The van der Waals surface area contributed by atoms with Gasteiger partial charge < -0.3 is 0 Å². The van der Waals surface area contributed by atoms with Crippen LogP contribution in [0.4, 0.5) is 8.78 Å². The minimum atomic E-state index is -1.70. The first-order valence-electron chi connectivity index (χ1n) is 3.73. The second-order valence-electron chi connectivity index (χ2n) is 3.74. The minimum absolute atomic E-state index is 0.471. The highest BCUT2D eigenvalue weighted by molar-refractivity contribution is 6.88. The molecule has 0 aliphatic carbocycles. The lowest BCUT2D eigenvalue weighted by molar-refractivity contribution is 0.556. The summed E-state index contributed by atoms with van der Waals surface area (Å²) < 4.78 is 25.5. The molecule has 1 nitrogen and oxygen atoms in total. The maximum atomic E-state index is 13.1. The molecular weight excluding hydrogens is 176 g/mol. The molecule has 1 rings (SSSR count). The van der Waals surface area contributed by atoms with Crippen LogP contribution < -0.4 is 5.19 Å². The van der Waals surface area contributed by atoms with Crippen LogP contribution in [0.15, 0.2) is 12.3 Å². The van der Waals surface area contributed by atoms with Crippen LogP contribution in [-0.4, -0.2) is 13.1 Å². The van der Waals surface area contributed by atoms with Crippen molar-refractivity contribution >= 4 is 13.3 Å². The van der Waals surface area contributed by atoms with Crippen molar-refractivity contribution in [2.24, 2.45) is 0 Å². The molecule has 0 saturated heterocycles. The lowest BCUT2D eigenvalue weighted by atomic mass is 10.5. The Morgan fingerprint density at radius 1 is 1.25 bits per heavy atom. The summed E-state index contributed by atoms with van der Waals surface area (Å²) in [6.45, 7) is 5.97. The van der Waals surface area contributed by atoms with Crippen molar-refractivity contribution in [1.82, 2.24) is 4.98 Å². The first-order valence-corrected chi connectivity index (χ1v) is 7.23. The Morgan fingerprint density at radius 2 is 1.83 bits per heavy atom. The number of pyridine rings is 1. The van der Waals surface area contributed by atoms with E-state index in [2.05, 4.69) is 4.98 Å². The van der Waals surface area contributed by atoms with Gasteiger partial charge in [-0.25, -0.2) is 9.37 Å². The Balaban J connectivity index is 3.19. The number of hydrogen-bond donors (Lipinski definition) is 0. The van der Waals surface area contributed by atoms with Crippen LogP contribution in [0.2, 0.25) is 19.6 Å². The van der Waals surface area contributed by atoms with Gasteiger partial charge in [-0.2, -0.15) is 4.39 Å². The number of halogens is 2. The summed E-state index contributed by atoms with van der Waals surface area (Å²) in [5.41, 5.74) is 0. The molecular formula is C8H11F2NSi. The van der Waals surface area contributed by atoms with Gasteiger partial charge in [-0.3, -0.25) is 0 Å². The molecule has 0 saturated carbocycles. The Labute approximate surface area is 71.5 Å². The lowest BCUT2D eigenvalue weighted by Crippen LogP contribution is -2.40. The highest BCUT2D eigenvalue weighted by atomic mass is 28.3. The molecule has 0 spiro atoms.